The predicted octanol–water partition coefficient (Wildman–Crippen LogP) is 2.88. The van der Waals surface area contributed by atoms with Crippen LogP contribution in [0.2, 0.25) is 0 Å². The highest BCUT2D eigenvalue weighted by atomic mass is 19.1. The van der Waals surface area contributed by atoms with Crippen LogP contribution in [0, 0.1) is 12.8 Å². The van der Waals surface area contributed by atoms with Crippen molar-refractivity contribution in [2.24, 2.45) is 5.92 Å². The van der Waals surface area contributed by atoms with Crippen molar-refractivity contribution in [1.29, 1.82) is 0 Å². The Bertz CT molecular complexity index is 360. The Morgan fingerprint density at radius 3 is 2.88 bits per heavy atom. The van der Waals surface area contributed by atoms with Gasteiger partial charge in [-0.3, -0.25) is 0 Å². The minimum atomic E-state index is -1.02. The normalized spacial score (nSPS) is 30.3. The molecule has 1 heterocycles. The van der Waals surface area contributed by atoms with Gasteiger partial charge in [-0.15, -0.1) is 0 Å². The summed E-state index contributed by atoms with van der Waals surface area (Å²) in [4.78, 5) is 0. The Balaban J connectivity index is 2.12. The lowest BCUT2D eigenvalue weighted by Gasteiger charge is -2.35. The second-order valence-electron chi connectivity index (χ2n) is 5.06. The van der Waals surface area contributed by atoms with E-state index < -0.39 is 5.67 Å². The van der Waals surface area contributed by atoms with E-state index in [1.54, 1.807) is 6.92 Å². The average Bonchev–Trinajstić information content (AvgIpc) is 2.24. The van der Waals surface area contributed by atoms with Crippen LogP contribution in [0.15, 0.2) is 24.3 Å². The van der Waals surface area contributed by atoms with Gasteiger partial charge in [-0.05, 0) is 44.4 Å². The first-order valence-corrected chi connectivity index (χ1v) is 6.04. The largest absolute Gasteiger partial charge is 0.316 e. The van der Waals surface area contributed by atoms with Crippen LogP contribution in [0.1, 0.15) is 24.5 Å². The zero-order valence-electron chi connectivity index (χ0n) is 10.1. The number of alkyl halides is 1. The first kappa shape index (κ1) is 11.6. The summed E-state index contributed by atoms with van der Waals surface area (Å²) in [5.74, 6) is 0.0994. The van der Waals surface area contributed by atoms with Gasteiger partial charge in [0.25, 0.3) is 0 Å². The molecule has 1 fully saturated rings. The summed E-state index contributed by atoms with van der Waals surface area (Å²) in [6.07, 6.45) is 1.47. The van der Waals surface area contributed by atoms with Crippen molar-refractivity contribution in [3.63, 3.8) is 0 Å². The lowest BCUT2D eigenvalue weighted by Crippen LogP contribution is -2.46. The van der Waals surface area contributed by atoms with Gasteiger partial charge < -0.3 is 5.32 Å². The van der Waals surface area contributed by atoms with Gasteiger partial charge in [-0.2, -0.15) is 0 Å². The Labute approximate surface area is 97.1 Å². The van der Waals surface area contributed by atoms with Gasteiger partial charge in [-0.1, -0.05) is 24.3 Å². The molecular formula is C14H20FN. The molecule has 1 aliphatic heterocycles. The molecule has 0 radical (unpaired) electrons. The van der Waals surface area contributed by atoms with E-state index in [9.17, 15) is 4.39 Å². The molecular weight excluding hydrogens is 201 g/mol. The quantitative estimate of drug-likeness (QED) is 0.809. The summed E-state index contributed by atoms with van der Waals surface area (Å²) in [5, 5.41) is 3.29. The SMILES string of the molecule is Cc1ccccc1CC1CNCCC1(C)F. The van der Waals surface area contributed by atoms with E-state index in [1.807, 2.05) is 12.1 Å². The molecule has 0 amide bonds. The molecule has 1 N–H and O–H groups in total. The second-order valence-corrected chi connectivity index (χ2v) is 5.06. The predicted molar refractivity (Wildman–Crippen MR) is 65.4 cm³/mol. The third kappa shape index (κ3) is 2.43. The highest BCUT2D eigenvalue weighted by Gasteiger charge is 2.36. The summed E-state index contributed by atoms with van der Waals surface area (Å²) in [6, 6.07) is 8.28. The maximum atomic E-state index is 14.3. The molecule has 1 aliphatic rings. The van der Waals surface area contributed by atoms with Crippen LogP contribution in [0.25, 0.3) is 0 Å². The number of aryl methyl sites for hydroxylation is 1. The summed E-state index contributed by atoms with van der Waals surface area (Å²) in [6.45, 7) is 5.44. The monoisotopic (exact) mass is 221 g/mol. The fraction of sp³-hybridized carbons (Fsp3) is 0.571. The van der Waals surface area contributed by atoms with Crippen molar-refractivity contribution >= 4 is 0 Å². The maximum absolute atomic E-state index is 14.3. The Morgan fingerprint density at radius 1 is 1.44 bits per heavy atom. The molecule has 16 heavy (non-hydrogen) atoms. The molecule has 2 atom stereocenters. The number of benzene rings is 1. The molecule has 2 rings (SSSR count). The Kier molecular flexibility index (Phi) is 3.29. The summed E-state index contributed by atoms with van der Waals surface area (Å²) in [5.41, 5.74) is 1.53. The molecule has 1 nitrogen and oxygen atoms in total. The zero-order chi connectivity index (χ0) is 11.6. The highest BCUT2D eigenvalue weighted by molar-refractivity contribution is 5.26. The van der Waals surface area contributed by atoms with Gasteiger partial charge in [0, 0.05) is 12.5 Å². The lowest BCUT2D eigenvalue weighted by molar-refractivity contribution is 0.0675. The van der Waals surface area contributed by atoms with Crippen LogP contribution in [-0.4, -0.2) is 18.8 Å². The molecule has 88 valence electrons. The zero-order valence-corrected chi connectivity index (χ0v) is 10.1. The van der Waals surface area contributed by atoms with Crippen LogP contribution in [0.4, 0.5) is 4.39 Å². The van der Waals surface area contributed by atoms with E-state index in [2.05, 4.69) is 24.4 Å². The number of piperidine rings is 1. The van der Waals surface area contributed by atoms with Gasteiger partial charge in [0.05, 0.1) is 0 Å². The van der Waals surface area contributed by atoms with Crippen molar-refractivity contribution in [2.45, 2.75) is 32.4 Å². The molecule has 1 saturated heterocycles. The van der Waals surface area contributed by atoms with E-state index in [0.717, 1.165) is 19.5 Å². The third-order valence-electron chi connectivity index (χ3n) is 3.76. The van der Waals surface area contributed by atoms with Crippen molar-refractivity contribution in [2.75, 3.05) is 13.1 Å². The molecule has 0 bridgehead atoms. The van der Waals surface area contributed by atoms with Gasteiger partial charge in [0.1, 0.15) is 5.67 Å². The summed E-state index contributed by atoms with van der Waals surface area (Å²) >= 11 is 0. The third-order valence-corrected chi connectivity index (χ3v) is 3.76. The molecule has 1 aromatic carbocycles. The van der Waals surface area contributed by atoms with Gasteiger partial charge in [-0.25, -0.2) is 4.39 Å². The first-order chi connectivity index (χ1) is 7.59. The average molecular weight is 221 g/mol. The van der Waals surface area contributed by atoms with Crippen LogP contribution >= 0.6 is 0 Å². The Morgan fingerprint density at radius 2 is 2.19 bits per heavy atom. The van der Waals surface area contributed by atoms with Gasteiger partial charge >= 0.3 is 0 Å². The van der Waals surface area contributed by atoms with Crippen molar-refractivity contribution in [3.05, 3.63) is 35.4 Å². The highest BCUT2D eigenvalue weighted by Crippen LogP contribution is 2.31. The van der Waals surface area contributed by atoms with E-state index in [4.69, 9.17) is 0 Å². The van der Waals surface area contributed by atoms with Crippen molar-refractivity contribution in [3.8, 4) is 0 Å². The lowest BCUT2D eigenvalue weighted by atomic mass is 9.80. The molecule has 2 heteroatoms. The van der Waals surface area contributed by atoms with Crippen LogP contribution < -0.4 is 5.32 Å². The van der Waals surface area contributed by atoms with Crippen LogP contribution in [0.5, 0.6) is 0 Å². The standard InChI is InChI=1S/C14H20FN/c1-11-5-3-4-6-12(11)9-13-10-16-8-7-14(13,2)15/h3-6,13,16H,7-10H2,1-2H3. The molecule has 0 aromatic heterocycles. The number of halogens is 1. The number of nitrogens with one attached hydrogen (secondary N) is 1. The smallest absolute Gasteiger partial charge is 0.113 e. The molecule has 1 aromatic rings. The van der Waals surface area contributed by atoms with Crippen LogP contribution in [-0.2, 0) is 6.42 Å². The van der Waals surface area contributed by atoms with Gasteiger partial charge in [0.2, 0.25) is 0 Å². The Hall–Kier alpha value is -0.890. The van der Waals surface area contributed by atoms with E-state index in [0.29, 0.717) is 6.42 Å². The van der Waals surface area contributed by atoms with Gasteiger partial charge in [0.15, 0.2) is 0 Å². The number of hydrogen-bond acceptors (Lipinski definition) is 1. The molecule has 2 unspecified atom stereocenters. The maximum Gasteiger partial charge on any atom is 0.113 e. The van der Waals surface area contributed by atoms with E-state index >= 15 is 0 Å². The molecule has 0 spiro atoms. The summed E-state index contributed by atoms with van der Waals surface area (Å²) < 4.78 is 14.3. The van der Waals surface area contributed by atoms with Crippen LogP contribution in [0.3, 0.4) is 0 Å². The molecule has 0 aliphatic carbocycles. The van der Waals surface area contributed by atoms with Crippen molar-refractivity contribution in [1.82, 2.24) is 5.32 Å². The number of hydrogen-bond donors (Lipinski definition) is 1. The fourth-order valence-corrected chi connectivity index (χ4v) is 2.42. The minimum Gasteiger partial charge on any atom is -0.316 e. The minimum absolute atomic E-state index is 0.0994. The number of rotatable bonds is 2. The van der Waals surface area contributed by atoms with E-state index in [1.165, 1.54) is 11.1 Å². The van der Waals surface area contributed by atoms with E-state index in [-0.39, 0.29) is 5.92 Å². The van der Waals surface area contributed by atoms with Crippen molar-refractivity contribution < 1.29 is 4.39 Å². The molecule has 0 saturated carbocycles. The second kappa shape index (κ2) is 4.54. The topological polar surface area (TPSA) is 12.0 Å². The fourth-order valence-electron chi connectivity index (χ4n) is 2.42. The first-order valence-electron chi connectivity index (χ1n) is 6.04. The summed E-state index contributed by atoms with van der Waals surface area (Å²) in [7, 11) is 0.